The molecule has 2 aliphatic rings. The van der Waals surface area contributed by atoms with Crippen molar-refractivity contribution >= 4 is 5.97 Å². The van der Waals surface area contributed by atoms with Gasteiger partial charge in [0.2, 0.25) is 5.88 Å². The number of hydrogen-bond donors (Lipinski definition) is 2. The summed E-state index contributed by atoms with van der Waals surface area (Å²) >= 11 is 0. The Balaban J connectivity index is 1.23. The molecule has 6 rings (SSSR count). The lowest BCUT2D eigenvalue weighted by molar-refractivity contribution is -0.139. The molecular weight excluding hydrogens is 530 g/mol. The van der Waals surface area contributed by atoms with E-state index < -0.39 is 23.2 Å². The lowest BCUT2D eigenvalue weighted by Gasteiger charge is -2.16. The number of rotatable bonds is 8. The highest BCUT2D eigenvalue weighted by atomic mass is 19.1. The van der Waals surface area contributed by atoms with E-state index in [-0.39, 0.29) is 42.0 Å². The molecule has 1 saturated carbocycles. The van der Waals surface area contributed by atoms with Gasteiger partial charge in [-0.05, 0) is 86.1 Å². The van der Waals surface area contributed by atoms with Crippen LogP contribution in [-0.4, -0.2) is 41.5 Å². The van der Waals surface area contributed by atoms with Crippen molar-refractivity contribution in [3.8, 4) is 28.4 Å². The van der Waals surface area contributed by atoms with Gasteiger partial charge in [-0.1, -0.05) is 0 Å². The zero-order chi connectivity index (χ0) is 29.2. The van der Waals surface area contributed by atoms with Crippen molar-refractivity contribution < 1.29 is 28.5 Å². The Hall–Kier alpha value is -4.18. The highest BCUT2D eigenvalue weighted by Gasteiger charge is 2.59. The van der Waals surface area contributed by atoms with Gasteiger partial charge in [0.15, 0.2) is 5.82 Å². The largest absolute Gasteiger partial charge is 0.481 e. The summed E-state index contributed by atoms with van der Waals surface area (Å²) in [7, 11) is 0. The first-order chi connectivity index (χ1) is 19.4. The normalized spacial score (nSPS) is 19.1. The van der Waals surface area contributed by atoms with Crippen molar-refractivity contribution in [3.05, 3.63) is 82.3 Å². The second-order valence-electron chi connectivity index (χ2n) is 11.8. The lowest BCUT2D eigenvalue weighted by atomic mass is 9.92. The molecule has 0 amide bonds. The van der Waals surface area contributed by atoms with Crippen LogP contribution in [0, 0.1) is 37.3 Å². The standard InChI is InChI=1S/C31H30F2N4O4/c1-15-5-18(29-35-14-37(36-29)13-31(3,4)40)6-16(2)26(15)20-8-19(23(32)10-24(20)33)12-41-25-9-17-7-21-27(22(17)11-34-25)28(21)30(38)39/h5-6,8-11,14,21,27-28,40H,7,12-13H2,1-4H3,(H,38,39)/t21-,27-,28+/m1/s1. The first-order valence-electron chi connectivity index (χ1n) is 13.5. The monoisotopic (exact) mass is 560 g/mol. The Labute approximate surface area is 235 Å². The van der Waals surface area contributed by atoms with Gasteiger partial charge in [0.25, 0.3) is 0 Å². The molecule has 2 N–H and O–H groups in total. The van der Waals surface area contributed by atoms with E-state index in [1.165, 1.54) is 6.07 Å². The number of nitrogens with zero attached hydrogens (tertiary/aromatic N) is 4. The maximum atomic E-state index is 15.1. The predicted molar refractivity (Wildman–Crippen MR) is 146 cm³/mol. The van der Waals surface area contributed by atoms with Crippen molar-refractivity contribution in [1.29, 1.82) is 0 Å². The predicted octanol–water partition coefficient (Wildman–Crippen LogP) is 5.22. The van der Waals surface area contributed by atoms with E-state index in [2.05, 4.69) is 15.1 Å². The number of aliphatic hydroxyl groups is 1. The number of aryl methyl sites for hydroxylation is 2. The number of halogens is 2. The Bertz CT molecular complexity index is 1670. The second-order valence-corrected chi connectivity index (χ2v) is 11.8. The van der Waals surface area contributed by atoms with Crippen LogP contribution in [0.25, 0.3) is 22.5 Å². The number of pyridine rings is 1. The van der Waals surface area contributed by atoms with Crippen LogP contribution < -0.4 is 4.74 Å². The first kappa shape index (κ1) is 27.0. The average molecular weight is 561 g/mol. The molecule has 0 spiro atoms. The molecule has 3 atom stereocenters. The Morgan fingerprint density at radius 2 is 1.83 bits per heavy atom. The number of carboxylic acid groups (broad SMARTS) is 1. The van der Waals surface area contributed by atoms with Gasteiger partial charge in [-0.25, -0.2) is 23.4 Å². The molecule has 0 unspecified atom stereocenters. The maximum Gasteiger partial charge on any atom is 0.307 e. The quantitative estimate of drug-likeness (QED) is 0.304. The molecule has 0 radical (unpaired) electrons. The number of benzene rings is 2. The molecule has 0 aliphatic heterocycles. The van der Waals surface area contributed by atoms with E-state index in [0.717, 1.165) is 33.9 Å². The minimum Gasteiger partial charge on any atom is -0.481 e. The number of ether oxygens (including phenoxy) is 1. The molecule has 2 aromatic carbocycles. The van der Waals surface area contributed by atoms with E-state index in [0.29, 0.717) is 23.7 Å². The first-order valence-corrected chi connectivity index (χ1v) is 13.5. The maximum absolute atomic E-state index is 15.1. The molecule has 8 nitrogen and oxygen atoms in total. The minimum atomic E-state index is -0.940. The van der Waals surface area contributed by atoms with Crippen LogP contribution in [0.3, 0.4) is 0 Å². The Morgan fingerprint density at radius 3 is 2.51 bits per heavy atom. The van der Waals surface area contributed by atoms with Gasteiger partial charge in [0.05, 0.1) is 18.1 Å². The highest BCUT2D eigenvalue weighted by Crippen LogP contribution is 2.61. The summed E-state index contributed by atoms with van der Waals surface area (Å²) in [6.45, 7) is 7.23. The fourth-order valence-corrected chi connectivity index (χ4v) is 6.15. The van der Waals surface area contributed by atoms with Crippen molar-refractivity contribution in [2.75, 3.05) is 0 Å². The molecule has 212 valence electrons. The number of aromatic nitrogens is 4. The highest BCUT2D eigenvalue weighted by molar-refractivity contribution is 5.78. The third-order valence-corrected chi connectivity index (χ3v) is 7.93. The molecular formula is C31H30F2N4O4. The summed E-state index contributed by atoms with van der Waals surface area (Å²) in [6, 6.07) is 7.84. The summed E-state index contributed by atoms with van der Waals surface area (Å²) in [5, 5.41) is 23.8. The van der Waals surface area contributed by atoms with Gasteiger partial charge in [0, 0.05) is 40.9 Å². The fourth-order valence-electron chi connectivity index (χ4n) is 6.15. The molecule has 0 saturated heterocycles. The average Bonchev–Trinajstić information content (AvgIpc) is 3.20. The summed E-state index contributed by atoms with van der Waals surface area (Å²) < 4.78 is 37.3. The van der Waals surface area contributed by atoms with E-state index in [9.17, 15) is 19.4 Å². The van der Waals surface area contributed by atoms with E-state index in [4.69, 9.17) is 4.74 Å². The van der Waals surface area contributed by atoms with Crippen molar-refractivity contribution in [3.63, 3.8) is 0 Å². The molecule has 41 heavy (non-hydrogen) atoms. The number of hydrogen-bond acceptors (Lipinski definition) is 6. The van der Waals surface area contributed by atoms with Crippen molar-refractivity contribution in [1.82, 2.24) is 19.7 Å². The third kappa shape index (κ3) is 5.08. The van der Waals surface area contributed by atoms with Crippen LogP contribution in [0.1, 0.15) is 47.6 Å². The van der Waals surface area contributed by atoms with Crippen molar-refractivity contribution in [2.24, 2.45) is 11.8 Å². The Kier molecular flexibility index (Phi) is 6.41. The minimum absolute atomic E-state index is 0.0122. The van der Waals surface area contributed by atoms with Crippen LogP contribution in [0.2, 0.25) is 0 Å². The van der Waals surface area contributed by atoms with E-state index >= 15 is 4.39 Å². The van der Waals surface area contributed by atoms with Crippen molar-refractivity contribution in [2.45, 2.75) is 58.8 Å². The summed E-state index contributed by atoms with van der Waals surface area (Å²) in [4.78, 5) is 20.0. The van der Waals surface area contributed by atoms with Crippen LogP contribution in [0.5, 0.6) is 5.88 Å². The van der Waals surface area contributed by atoms with Gasteiger partial charge in [-0.3, -0.25) is 4.79 Å². The zero-order valence-corrected chi connectivity index (χ0v) is 23.2. The smallest absolute Gasteiger partial charge is 0.307 e. The second kappa shape index (κ2) is 9.73. The van der Waals surface area contributed by atoms with E-state index in [1.807, 2.05) is 26.0 Å². The lowest BCUT2D eigenvalue weighted by Crippen LogP contribution is -2.26. The summed E-state index contributed by atoms with van der Waals surface area (Å²) in [5.41, 5.74) is 4.40. The molecule has 1 fully saturated rings. The third-order valence-electron chi connectivity index (χ3n) is 7.93. The molecule has 2 aliphatic carbocycles. The summed E-state index contributed by atoms with van der Waals surface area (Å²) in [6.07, 6.45) is 3.87. The van der Waals surface area contributed by atoms with Crippen LogP contribution in [-0.2, 0) is 24.4 Å². The van der Waals surface area contributed by atoms with Crippen LogP contribution in [0.4, 0.5) is 8.78 Å². The summed E-state index contributed by atoms with van der Waals surface area (Å²) in [5.74, 6) is -1.59. The number of aliphatic carboxylic acids is 1. The Morgan fingerprint density at radius 1 is 1.10 bits per heavy atom. The molecule has 0 bridgehead atoms. The topological polar surface area (TPSA) is 110 Å². The number of carbonyl (C=O) groups is 1. The van der Waals surface area contributed by atoms with Crippen LogP contribution in [0.15, 0.2) is 42.9 Å². The molecule has 4 aromatic rings. The molecule has 10 heteroatoms. The van der Waals surface area contributed by atoms with Gasteiger partial charge in [-0.2, -0.15) is 5.10 Å². The van der Waals surface area contributed by atoms with Gasteiger partial charge >= 0.3 is 5.97 Å². The zero-order valence-electron chi connectivity index (χ0n) is 23.2. The fraction of sp³-hybridized carbons (Fsp3) is 0.355. The number of carboxylic acids is 1. The SMILES string of the molecule is Cc1cc(-c2ncn(CC(C)(C)O)n2)cc(C)c1-c1cc(COc2cc3c(cn2)[C@H]2[C@@H](C3)[C@@H]2C(=O)O)c(F)cc1F. The molecule has 2 aromatic heterocycles. The van der Waals surface area contributed by atoms with Gasteiger partial charge in [-0.15, -0.1) is 0 Å². The number of fused-ring (bicyclic) bond motifs is 3. The van der Waals surface area contributed by atoms with Gasteiger partial charge < -0.3 is 14.9 Å². The molecule has 2 heterocycles. The van der Waals surface area contributed by atoms with Crippen LogP contribution >= 0.6 is 0 Å². The van der Waals surface area contributed by atoms with Gasteiger partial charge in [0.1, 0.15) is 24.6 Å². The van der Waals surface area contributed by atoms with E-state index in [1.54, 1.807) is 37.1 Å².